The number of halogens is 1. The normalized spacial score (nSPS) is 11.1. The topological polar surface area (TPSA) is 34.9 Å². The molecule has 0 fully saturated rings. The van der Waals surface area contributed by atoms with E-state index in [1.54, 1.807) is 10.9 Å². The lowest BCUT2D eigenvalue weighted by molar-refractivity contribution is 0.0980. The smallest absolute Gasteiger partial charge is 0.186 e. The molecule has 0 bridgehead atoms. The molecule has 0 saturated heterocycles. The van der Waals surface area contributed by atoms with Crippen LogP contribution in [-0.2, 0) is 6.42 Å². The number of aryl methyl sites for hydroxylation is 2. The van der Waals surface area contributed by atoms with E-state index in [9.17, 15) is 4.79 Å². The SMILES string of the molecule is Cc1ccc(CC(=O)c2c(Br)cnn2C(C)C)cc1C. The fourth-order valence-electron chi connectivity index (χ4n) is 2.18. The van der Waals surface area contributed by atoms with E-state index in [0.717, 1.165) is 10.0 Å². The highest BCUT2D eigenvalue weighted by Gasteiger charge is 2.19. The molecule has 0 unspecified atom stereocenters. The predicted molar refractivity (Wildman–Crippen MR) is 84.3 cm³/mol. The highest BCUT2D eigenvalue weighted by atomic mass is 79.9. The number of nitrogens with zero attached hydrogens (tertiary/aromatic N) is 2. The molecule has 1 aromatic heterocycles. The number of rotatable bonds is 4. The van der Waals surface area contributed by atoms with Crippen molar-refractivity contribution in [3.63, 3.8) is 0 Å². The second-order valence-electron chi connectivity index (χ2n) is 5.40. The van der Waals surface area contributed by atoms with Gasteiger partial charge in [-0.2, -0.15) is 5.10 Å². The van der Waals surface area contributed by atoms with Gasteiger partial charge in [-0.3, -0.25) is 9.48 Å². The first-order chi connectivity index (χ1) is 9.40. The lowest BCUT2D eigenvalue weighted by Gasteiger charge is -2.11. The molecule has 0 aliphatic rings. The monoisotopic (exact) mass is 334 g/mol. The van der Waals surface area contributed by atoms with Crippen LogP contribution >= 0.6 is 15.9 Å². The van der Waals surface area contributed by atoms with Crippen LogP contribution in [0.2, 0.25) is 0 Å². The van der Waals surface area contributed by atoms with Crippen LogP contribution in [-0.4, -0.2) is 15.6 Å². The van der Waals surface area contributed by atoms with Crippen molar-refractivity contribution in [2.45, 2.75) is 40.2 Å². The first kappa shape index (κ1) is 15.0. The van der Waals surface area contributed by atoms with Crippen LogP contribution in [0.15, 0.2) is 28.9 Å². The summed E-state index contributed by atoms with van der Waals surface area (Å²) >= 11 is 3.42. The van der Waals surface area contributed by atoms with Crippen LogP contribution in [0.25, 0.3) is 0 Å². The van der Waals surface area contributed by atoms with Crippen molar-refractivity contribution < 1.29 is 4.79 Å². The van der Waals surface area contributed by atoms with Gasteiger partial charge in [0, 0.05) is 12.5 Å². The molecule has 0 aliphatic carbocycles. The molecule has 3 nitrogen and oxygen atoms in total. The van der Waals surface area contributed by atoms with Crippen molar-refractivity contribution in [3.05, 3.63) is 51.3 Å². The summed E-state index contributed by atoms with van der Waals surface area (Å²) < 4.78 is 2.54. The van der Waals surface area contributed by atoms with Crippen molar-refractivity contribution in [1.29, 1.82) is 0 Å². The zero-order chi connectivity index (χ0) is 14.9. The summed E-state index contributed by atoms with van der Waals surface area (Å²) in [7, 11) is 0. The summed E-state index contributed by atoms with van der Waals surface area (Å²) in [5.74, 6) is 0.0892. The Morgan fingerprint density at radius 1 is 1.30 bits per heavy atom. The van der Waals surface area contributed by atoms with Gasteiger partial charge >= 0.3 is 0 Å². The van der Waals surface area contributed by atoms with E-state index >= 15 is 0 Å². The lowest BCUT2D eigenvalue weighted by Crippen LogP contribution is -2.15. The van der Waals surface area contributed by atoms with Crippen LogP contribution in [0.5, 0.6) is 0 Å². The molecule has 4 heteroatoms. The molecular weight excluding hydrogens is 316 g/mol. The van der Waals surface area contributed by atoms with E-state index in [-0.39, 0.29) is 11.8 Å². The third-order valence-corrected chi connectivity index (χ3v) is 4.02. The zero-order valence-electron chi connectivity index (χ0n) is 12.3. The quantitative estimate of drug-likeness (QED) is 0.782. The summed E-state index contributed by atoms with van der Waals surface area (Å²) in [6.45, 7) is 8.18. The minimum absolute atomic E-state index is 0.0892. The van der Waals surface area contributed by atoms with Gasteiger partial charge in [0.1, 0.15) is 5.69 Å². The van der Waals surface area contributed by atoms with E-state index in [1.807, 2.05) is 19.9 Å². The minimum Gasteiger partial charge on any atom is -0.292 e. The van der Waals surface area contributed by atoms with Crippen LogP contribution in [0.1, 0.15) is 47.1 Å². The van der Waals surface area contributed by atoms with Gasteiger partial charge in [0.15, 0.2) is 5.78 Å². The molecule has 0 amide bonds. The van der Waals surface area contributed by atoms with Gasteiger partial charge in [0.25, 0.3) is 0 Å². The molecule has 0 spiro atoms. The molecule has 2 rings (SSSR count). The summed E-state index contributed by atoms with van der Waals surface area (Å²) in [5, 5.41) is 4.26. The maximum Gasteiger partial charge on any atom is 0.186 e. The fraction of sp³-hybridized carbons (Fsp3) is 0.375. The van der Waals surface area contributed by atoms with Gasteiger partial charge < -0.3 is 0 Å². The highest BCUT2D eigenvalue weighted by Crippen LogP contribution is 2.22. The summed E-state index contributed by atoms with van der Waals surface area (Å²) in [4.78, 5) is 12.5. The number of Topliss-reactive ketones (excluding diaryl/α,β-unsaturated/α-hetero) is 1. The van der Waals surface area contributed by atoms with Gasteiger partial charge in [0.05, 0.1) is 10.7 Å². The molecule has 1 aromatic carbocycles. The van der Waals surface area contributed by atoms with Crippen molar-refractivity contribution in [2.75, 3.05) is 0 Å². The number of hydrogen-bond acceptors (Lipinski definition) is 2. The van der Waals surface area contributed by atoms with Crippen molar-refractivity contribution in [3.8, 4) is 0 Å². The molecule has 0 atom stereocenters. The van der Waals surface area contributed by atoms with E-state index in [4.69, 9.17) is 0 Å². The first-order valence-electron chi connectivity index (χ1n) is 6.72. The maximum absolute atomic E-state index is 12.5. The van der Waals surface area contributed by atoms with Gasteiger partial charge in [-0.25, -0.2) is 0 Å². The van der Waals surface area contributed by atoms with Gasteiger partial charge in [-0.15, -0.1) is 0 Å². The van der Waals surface area contributed by atoms with Gasteiger partial charge in [-0.05, 0) is 60.3 Å². The Hall–Kier alpha value is -1.42. The molecule has 2 aromatic rings. The first-order valence-corrected chi connectivity index (χ1v) is 7.51. The predicted octanol–water partition coefficient (Wildman–Crippen LogP) is 4.27. The van der Waals surface area contributed by atoms with Crippen LogP contribution in [0, 0.1) is 13.8 Å². The number of hydrogen-bond donors (Lipinski definition) is 0. The Bertz CT molecular complexity index is 644. The average molecular weight is 335 g/mol. The zero-order valence-corrected chi connectivity index (χ0v) is 13.9. The van der Waals surface area contributed by atoms with E-state index in [0.29, 0.717) is 12.1 Å². The van der Waals surface area contributed by atoms with Gasteiger partial charge in [0.2, 0.25) is 0 Å². The molecule has 1 heterocycles. The summed E-state index contributed by atoms with van der Waals surface area (Å²) in [5.41, 5.74) is 4.15. The Balaban J connectivity index is 2.28. The second kappa shape index (κ2) is 5.92. The number of benzene rings is 1. The Morgan fingerprint density at radius 3 is 2.60 bits per heavy atom. The molecule has 0 radical (unpaired) electrons. The number of carbonyl (C=O) groups excluding carboxylic acids is 1. The van der Waals surface area contributed by atoms with E-state index in [2.05, 4.69) is 47.0 Å². The third-order valence-electron chi connectivity index (χ3n) is 3.44. The lowest BCUT2D eigenvalue weighted by atomic mass is 10.0. The molecular formula is C16H19BrN2O. The number of carbonyl (C=O) groups is 1. The van der Waals surface area contributed by atoms with Crippen molar-refractivity contribution >= 4 is 21.7 Å². The fourth-order valence-corrected chi connectivity index (χ4v) is 2.67. The van der Waals surface area contributed by atoms with Crippen molar-refractivity contribution in [1.82, 2.24) is 9.78 Å². The largest absolute Gasteiger partial charge is 0.292 e. The molecule has 0 N–H and O–H groups in total. The van der Waals surface area contributed by atoms with Crippen LogP contribution in [0.3, 0.4) is 0 Å². The molecule has 0 aliphatic heterocycles. The molecule has 0 saturated carbocycles. The maximum atomic E-state index is 12.5. The van der Waals surface area contributed by atoms with E-state index < -0.39 is 0 Å². The Kier molecular flexibility index (Phi) is 4.43. The second-order valence-corrected chi connectivity index (χ2v) is 6.25. The van der Waals surface area contributed by atoms with Gasteiger partial charge in [-0.1, -0.05) is 18.2 Å². The summed E-state index contributed by atoms with van der Waals surface area (Å²) in [6, 6.07) is 6.33. The minimum atomic E-state index is 0.0892. The highest BCUT2D eigenvalue weighted by molar-refractivity contribution is 9.10. The molecule has 106 valence electrons. The average Bonchev–Trinajstić information content (AvgIpc) is 2.76. The number of aromatic nitrogens is 2. The van der Waals surface area contributed by atoms with E-state index in [1.165, 1.54) is 11.1 Å². The molecule has 20 heavy (non-hydrogen) atoms. The number of ketones is 1. The standard InChI is InChI=1S/C16H19BrN2O/c1-10(2)19-16(14(17)9-18-19)15(20)8-13-6-5-11(3)12(4)7-13/h5-7,9-10H,8H2,1-4H3. The summed E-state index contributed by atoms with van der Waals surface area (Å²) in [6.07, 6.45) is 2.09. The van der Waals surface area contributed by atoms with Crippen molar-refractivity contribution in [2.24, 2.45) is 0 Å². The third kappa shape index (κ3) is 3.01. The van der Waals surface area contributed by atoms with Crippen LogP contribution in [0.4, 0.5) is 0 Å². The van der Waals surface area contributed by atoms with Crippen LogP contribution < -0.4 is 0 Å². The Morgan fingerprint density at radius 2 is 2.00 bits per heavy atom. The Labute approximate surface area is 128 Å².